The first kappa shape index (κ1) is 15.5. The summed E-state index contributed by atoms with van der Waals surface area (Å²) in [5, 5.41) is 12.0. The summed E-state index contributed by atoms with van der Waals surface area (Å²) in [6, 6.07) is 14.1. The number of aliphatic hydroxyl groups excluding tert-OH is 1. The average Bonchev–Trinajstić information content (AvgIpc) is 2.47. The number of rotatable bonds is 6. The molecule has 0 bridgehead atoms. The second kappa shape index (κ2) is 7.20. The molecule has 0 aliphatic rings. The highest BCUT2D eigenvalue weighted by molar-refractivity contribution is 5.85. The van der Waals surface area contributed by atoms with Gasteiger partial charge in [0.15, 0.2) is 0 Å². The largest absolute Gasteiger partial charge is 0.389 e. The van der Waals surface area contributed by atoms with Crippen molar-refractivity contribution >= 4 is 16.7 Å². The van der Waals surface area contributed by atoms with E-state index in [1.165, 1.54) is 7.11 Å². The molecule has 4 nitrogen and oxygen atoms in total. The van der Waals surface area contributed by atoms with Crippen molar-refractivity contribution in [2.75, 3.05) is 27.3 Å². The summed E-state index contributed by atoms with van der Waals surface area (Å²) in [7, 11) is 3.22. The van der Waals surface area contributed by atoms with Crippen LogP contribution in [0.2, 0.25) is 0 Å². The van der Waals surface area contributed by atoms with Crippen molar-refractivity contribution in [1.82, 2.24) is 4.90 Å². The van der Waals surface area contributed by atoms with E-state index in [4.69, 9.17) is 4.74 Å². The minimum absolute atomic E-state index is 0.0135. The number of likely N-dealkylation sites (N-methyl/N-ethyl adjacent to an activating group) is 1. The van der Waals surface area contributed by atoms with Crippen LogP contribution in [0, 0.1) is 0 Å². The van der Waals surface area contributed by atoms with E-state index in [1.807, 2.05) is 42.5 Å². The number of amides is 1. The van der Waals surface area contributed by atoms with Gasteiger partial charge in [-0.3, -0.25) is 4.79 Å². The third kappa shape index (κ3) is 4.28. The summed E-state index contributed by atoms with van der Waals surface area (Å²) in [6.07, 6.45) is -0.318. The maximum atomic E-state index is 12.2. The summed E-state index contributed by atoms with van der Waals surface area (Å²) >= 11 is 0. The Labute approximate surface area is 124 Å². The smallest absolute Gasteiger partial charge is 0.226 e. The number of carbonyl (C=O) groups is 1. The molecule has 2 rings (SSSR count). The molecule has 0 aliphatic heterocycles. The van der Waals surface area contributed by atoms with E-state index in [2.05, 4.69) is 0 Å². The van der Waals surface area contributed by atoms with Crippen molar-refractivity contribution in [2.24, 2.45) is 0 Å². The van der Waals surface area contributed by atoms with Crippen LogP contribution in [0.3, 0.4) is 0 Å². The molecule has 0 saturated carbocycles. The van der Waals surface area contributed by atoms with Gasteiger partial charge in [0.25, 0.3) is 0 Å². The molecule has 0 fully saturated rings. The van der Waals surface area contributed by atoms with Gasteiger partial charge in [-0.2, -0.15) is 0 Å². The number of ether oxygens (including phenoxy) is 1. The molecule has 1 atom stereocenters. The monoisotopic (exact) mass is 287 g/mol. The van der Waals surface area contributed by atoms with Crippen LogP contribution in [0.4, 0.5) is 0 Å². The summed E-state index contributed by atoms with van der Waals surface area (Å²) in [5.41, 5.74) is 0.979. The molecule has 0 radical (unpaired) electrons. The molecule has 21 heavy (non-hydrogen) atoms. The van der Waals surface area contributed by atoms with Gasteiger partial charge in [-0.1, -0.05) is 42.5 Å². The zero-order valence-electron chi connectivity index (χ0n) is 12.5. The molecule has 1 unspecified atom stereocenters. The number of carbonyl (C=O) groups excluding carboxylic acids is 1. The lowest BCUT2D eigenvalue weighted by Gasteiger charge is -2.20. The highest BCUT2D eigenvalue weighted by Crippen LogP contribution is 2.16. The molecule has 2 aromatic rings. The van der Waals surface area contributed by atoms with Crippen LogP contribution in [0.1, 0.15) is 5.56 Å². The second-order valence-corrected chi connectivity index (χ2v) is 5.24. The Morgan fingerprint density at radius 2 is 1.95 bits per heavy atom. The normalized spacial score (nSPS) is 12.3. The second-order valence-electron chi connectivity index (χ2n) is 5.24. The fraction of sp³-hybridized carbons (Fsp3) is 0.353. The van der Waals surface area contributed by atoms with E-state index < -0.39 is 6.10 Å². The van der Waals surface area contributed by atoms with Crippen molar-refractivity contribution in [3.05, 3.63) is 48.0 Å². The van der Waals surface area contributed by atoms with Crippen molar-refractivity contribution in [1.29, 1.82) is 0 Å². The molecule has 112 valence electrons. The zero-order valence-corrected chi connectivity index (χ0v) is 12.5. The molecule has 0 saturated heterocycles. The number of methoxy groups -OCH3 is 1. The first-order chi connectivity index (χ1) is 10.1. The Bertz CT molecular complexity index is 612. The van der Waals surface area contributed by atoms with Gasteiger partial charge in [-0.25, -0.2) is 0 Å². The minimum Gasteiger partial charge on any atom is -0.389 e. The lowest BCUT2D eigenvalue weighted by atomic mass is 10.0. The van der Waals surface area contributed by atoms with Crippen molar-refractivity contribution < 1.29 is 14.6 Å². The van der Waals surface area contributed by atoms with Gasteiger partial charge >= 0.3 is 0 Å². The SMILES string of the molecule is COCC(O)CN(C)C(=O)Cc1ccc2ccccc2c1. The Balaban J connectivity index is 2.00. The third-order valence-electron chi connectivity index (χ3n) is 3.44. The Morgan fingerprint density at radius 1 is 1.24 bits per heavy atom. The van der Waals surface area contributed by atoms with Crippen LogP contribution >= 0.6 is 0 Å². The first-order valence-corrected chi connectivity index (χ1v) is 6.99. The Morgan fingerprint density at radius 3 is 2.67 bits per heavy atom. The number of fused-ring (bicyclic) bond motifs is 1. The van der Waals surface area contributed by atoms with Gasteiger partial charge < -0.3 is 14.7 Å². The maximum Gasteiger partial charge on any atom is 0.226 e. The number of benzene rings is 2. The van der Waals surface area contributed by atoms with E-state index in [0.29, 0.717) is 6.42 Å². The summed E-state index contributed by atoms with van der Waals surface area (Å²) in [5.74, 6) is -0.0135. The van der Waals surface area contributed by atoms with Crippen LogP contribution in [0.5, 0.6) is 0 Å². The Kier molecular flexibility index (Phi) is 5.31. The van der Waals surface area contributed by atoms with Gasteiger partial charge in [0, 0.05) is 20.7 Å². The van der Waals surface area contributed by atoms with E-state index in [0.717, 1.165) is 16.3 Å². The van der Waals surface area contributed by atoms with Crippen molar-refractivity contribution in [3.8, 4) is 0 Å². The lowest BCUT2D eigenvalue weighted by molar-refractivity contribution is -0.130. The van der Waals surface area contributed by atoms with Gasteiger partial charge in [0.2, 0.25) is 5.91 Å². The minimum atomic E-state index is -0.652. The molecule has 0 aromatic heterocycles. The van der Waals surface area contributed by atoms with E-state index in [1.54, 1.807) is 11.9 Å². The molecule has 0 spiro atoms. The molecular weight excluding hydrogens is 266 g/mol. The Hall–Kier alpha value is -1.91. The average molecular weight is 287 g/mol. The number of hydrogen-bond donors (Lipinski definition) is 1. The lowest BCUT2D eigenvalue weighted by Crippen LogP contribution is -2.37. The van der Waals surface area contributed by atoms with Gasteiger partial charge in [-0.05, 0) is 16.3 Å². The van der Waals surface area contributed by atoms with Crippen molar-refractivity contribution in [3.63, 3.8) is 0 Å². The predicted molar refractivity (Wildman–Crippen MR) is 83.2 cm³/mol. The van der Waals surface area contributed by atoms with Crippen LogP contribution in [0.25, 0.3) is 10.8 Å². The highest BCUT2D eigenvalue weighted by atomic mass is 16.5. The van der Waals surface area contributed by atoms with Crippen LogP contribution in [-0.2, 0) is 16.0 Å². The van der Waals surface area contributed by atoms with Gasteiger partial charge in [-0.15, -0.1) is 0 Å². The van der Waals surface area contributed by atoms with Crippen molar-refractivity contribution in [2.45, 2.75) is 12.5 Å². The standard InChI is InChI=1S/C17H21NO3/c1-18(11-16(19)12-21-2)17(20)10-13-7-8-14-5-3-4-6-15(14)9-13/h3-9,16,19H,10-12H2,1-2H3. The fourth-order valence-electron chi connectivity index (χ4n) is 2.32. The summed E-state index contributed by atoms with van der Waals surface area (Å²) in [6.45, 7) is 0.508. The highest BCUT2D eigenvalue weighted by Gasteiger charge is 2.14. The fourth-order valence-corrected chi connectivity index (χ4v) is 2.32. The topological polar surface area (TPSA) is 49.8 Å². The number of hydrogen-bond acceptors (Lipinski definition) is 3. The van der Waals surface area contributed by atoms with Gasteiger partial charge in [0.05, 0.1) is 19.1 Å². The van der Waals surface area contributed by atoms with Gasteiger partial charge in [0.1, 0.15) is 0 Å². The first-order valence-electron chi connectivity index (χ1n) is 6.99. The van der Waals surface area contributed by atoms with Crippen LogP contribution in [-0.4, -0.2) is 49.3 Å². The molecular formula is C17H21NO3. The molecule has 0 heterocycles. The van der Waals surface area contributed by atoms with E-state index in [9.17, 15) is 9.90 Å². The van der Waals surface area contributed by atoms with Crippen LogP contribution in [0.15, 0.2) is 42.5 Å². The van der Waals surface area contributed by atoms with E-state index >= 15 is 0 Å². The van der Waals surface area contributed by atoms with Crippen LogP contribution < -0.4 is 0 Å². The third-order valence-corrected chi connectivity index (χ3v) is 3.44. The summed E-state index contributed by atoms with van der Waals surface area (Å²) < 4.78 is 4.86. The molecule has 1 amide bonds. The molecule has 2 aromatic carbocycles. The zero-order chi connectivity index (χ0) is 15.2. The number of aliphatic hydroxyl groups is 1. The molecule has 4 heteroatoms. The molecule has 1 N–H and O–H groups in total. The summed E-state index contributed by atoms with van der Waals surface area (Å²) in [4.78, 5) is 13.7. The number of nitrogens with zero attached hydrogens (tertiary/aromatic N) is 1. The predicted octanol–water partition coefficient (Wildman–Crippen LogP) is 1.85. The molecule has 0 aliphatic carbocycles. The van der Waals surface area contributed by atoms with E-state index in [-0.39, 0.29) is 19.1 Å². The maximum absolute atomic E-state index is 12.2. The quantitative estimate of drug-likeness (QED) is 0.882.